The van der Waals surface area contributed by atoms with Gasteiger partial charge >= 0.3 is 0 Å². The van der Waals surface area contributed by atoms with Crippen LogP contribution in [0.15, 0.2) is 39.4 Å². The van der Waals surface area contributed by atoms with Gasteiger partial charge in [0.2, 0.25) is 0 Å². The lowest BCUT2D eigenvalue weighted by Gasteiger charge is -2.10. The van der Waals surface area contributed by atoms with E-state index in [1.807, 2.05) is 0 Å². The van der Waals surface area contributed by atoms with E-state index in [1.54, 1.807) is 12.1 Å². The van der Waals surface area contributed by atoms with Crippen molar-refractivity contribution in [2.45, 2.75) is 6.04 Å². The summed E-state index contributed by atoms with van der Waals surface area (Å²) in [6, 6.07) is 5.65. The first-order valence-electron chi connectivity index (χ1n) is 4.53. The molecule has 0 aliphatic heterocycles. The fraction of sp³-hybridized carbons (Fsp3) is 0.0909. The minimum absolute atomic E-state index is 0.0515. The van der Waals surface area contributed by atoms with Gasteiger partial charge in [0.05, 0.1) is 21.8 Å². The SMILES string of the molecule is NC(c1ccc(F)c(Cl)c1)c1occc1Br. The molecule has 16 heavy (non-hydrogen) atoms. The molecular formula is C11H8BrClFNO. The molecule has 0 aliphatic rings. The molecule has 1 aromatic heterocycles. The summed E-state index contributed by atoms with van der Waals surface area (Å²) in [7, 11) is 0. The van der Waals surface area contributed by atoms with Gasteiger partial charge in [-0.25, -0.2) is 4.39 Å². The number of hydrogen-bond acceptors (Lipinski definition) is 2. The van der Waals surface area contributed by atoms with Crippen LogP contribution >= 0.6 is 27.5 Å². The summed E-state index contributed by atoms with van der Waals surface area (Å²) in [6.07, 6.45) is 1.53. The van der Waals surface area contributed by atoms with Gasteiger partial charge in [-0.2, -0.15) is 0 Å². The Balaban J connectivity index is 2.38. The van der Waals surface area contributed by atoms with E-state index in [-0.39, 0.29) is 5.02 Å². The first-order chi connectivity index (χ1) is 7.59. The van der Waals surface area contributed by atoms with Crippen molar-refractivity contribution in [1.82, 2.24) is 0 Å². The molecule has 84 valence electrons. The maximum atomic E-state index is 13.0. The molecule has 1 unspecified atom stereocenters. The normalized spacial score (nSPS) is 12.8. The van der Waals surface area contributed by atoms with Crippen LogP contribution in [0.2, 0.25) is 5.02 Å². The van der Waals surface area contributed by atoms with Gasteiger partial charge in [-0.3, -0.25) is 0 Å². The van der Waals surface area contributed by atoms with Crippen LogP contribution in [0.3, 0.4) is 0 Å². The molecule has 0 spiro atoms. The maximum absolute atomic E-state index is 13.0. The monoisotopic (exact) mass is 303 g/mol. The predicted octanol–water partition coefficient (Wildman–Crippen LogP) is 3.88. The van der Waals surface area contributed by atoms with E-state index in [0.29, 0.717) is 11.3 Å². The van der Waals surface area contributed by atoms with Crippen LogP contribution < -0.4 is 5.73 Å². The lowest BCUT2D eigenvalue weighted by Crippen LogP contribution is -2.11. The average molecular weight is 305 g/mol. The Kier molecular flexibility index (Phi) is 3.33. The van der Waals surface area contributed by atoms with Gasteiger partial charge in [-0.1, -0.05) is 17.7 Å². The first kappa shape index (κ1) is 11.6. The van der Waals surface area contributed by atoms with E-state index >= 15 is 0 Å². The summed E-state index contributed by atoms with van der Waals surface area (Å²) in [6.45, 7) is 0. The minimum atomic E-state index is -0.470. The van der Waals surface area contributed by atoms with Crippen LogP contribution in [0, 0.1) is 5.82 Å². The summed E-state index contributed by atoms with van der Waals surface area (Å²) in [5, 5.41) is 0.0515. The third-order valence-electron chi connectivity index (χ3n) is 2.23. The number of halogens is 3. The molecule has 0 bridgehead atoms. The second-order valence-corrected chi connectivity index (χ2v) is 4.55. The number of hydrogen-bond donors (Lipinski definition) is 1. The largest absolute Gasteiger partial charge is 0.466 e. The van der Waals surface area contributed by atoms with Crippen LogP contribution in [0.1, 0.15) is 17.4 Å². The highest BCUT2D eigenvalue weighted by Gasteiger charge is 2.16. The highest BCUT2D eigenvalue weighted by molar-refractivity contribution is 9.10. The third-order valence-corrected chi connectivity index (χ3v) is 3.17. The van der Waals surface area contributed by atoms with Gasteiger partial charge in [0, 0.05) is 0 Å². The minimum Gasteiger partial charge on any atom is -0.466 e. The van der Waals surface area contributed by atoms with Crippen molar-refractivity contribution in [3.8, 4) is 0 Å². The van der Waals surface area contributed by atoms with Crippen molar-refractivity contribution in [2.75, 3.05) is 0 Å². The molecule has 0 radical (unpaired) electrons. The van der Waals surface area contributed by atoms with E-state index in [1.165, 1.54) is 18.4 Å². The van der Waals surface area contributed by atoms with Gasteiger partial charge in [0.1, 0.15) is 11.6 Å². The molecule has 2 rings (SSSR count). The zero-order chi connectivity index (χ0) is 11.7. The standard InChI is InChI=1S/C11H8BrClFNO/c12-7-3-4-16-11(7)10(15)6-1-2-9(14)8(13)5-6/h1-5,10H,15H2. The Morgan fingerprint density at radius 3 is 2.69 bits per heavy atom. The Labute approximate surface area is 105 Å². The molecule has 1 atom stereocenters. The highest BCUT2D eigenvalue weighted by Crippen LogP contribution is 2.29. The quantitative estimate of drug-likeness (QED) is 0.914. The van der Waals surface area contributed by atoms with Crippen molar-refractivity contribution in [1.29, 1.82) is 0 Å². The van der Waals surface area contributed by atoms with Crippen LogP contribution in [0.25, 0.3) is 0 Å². The zero-order valence-corrected chi connectivity index (χ0v) is 10.4. The Morgan fingerprint density at radius 2 is 2.12 bits per heavy atom. The third kappa shape index (κ3) is 2.14. The number of benzene rings is 1. The molecule has 1 aromatic carbocycles. The average Bonchev–Trinajstić information content (AvgIpc) is 2.67. The van der Waals surface area contributed by atoms with Gasteiger partial charge < -0.3 is 10.2 Å². The molecule has 0 saturated heterocycles. The fourth-order valence-electron chi connectivity index (χ4n) is 1.38. The molecule has 0 aliphatic carbocycles. The molecule has 0 fully saturated rings. The lowest BCUT2D eigenvalue weighted by molar-refractivity contribution is 0.487. The summed E-state index contributed by atoms with van der Waals surface area (Å²) >= 11 is 9.00. The number of nitrogens with two attached hydrogens (primary N) is 1. The first-order valence-corrected chi connectivity index (χ1v) is 5.70. The van der Waals surface area contributed by atoms with Gasteiger partial charge in [0.25, 0.3) is 0 Å². The Morgan fingerprint density at radius 1 is 1.38 bits per heavy atom. The van der Waals surface area contributed by atoms with Gasteiger partial charge in [-0.15, -0.1) is 0 Å². The Bertz CT molecular complexity index is 514. The summed E-state index contributed by atoms with van der Waals surface area (Å²) < 4.78 is 19.0. The van der Waals surface area contributed by atoms with Crippen LogP contribution in [-0.4, -0.2) is 0 Å². The number of furan rings is 1. The van der Waals surface area contributed by atoms with Crippen LogP contribution in [0.5, 0.6) is 0 Å². The molecule has 5 heteroatoms. The maximum Gasteiger partial charge on any atom is 0.141 e. The van der Waals surface area contributed by atoms with E-state index in [9.17, 15) is 4.39 Å². The molecule has 0 amide bonds. The molecule has 2 nitrogen and oxygen atoms in total. The summed E-state index contributed by atoms with van der Waals surface area (Å²) in [5.41, 5.74) is 6.67. The van der Waals surface area contributed by atoms with Gasteiger partial charge in [-0.05, 0) is 39.7 Å². The molecule has 2 aromatic rings. The smallest absolute Gasteiger partial charge is 0.141 e. The number of rotatable bonds is 2. The second-order valence-electron chi connectivity index (χ2n) is 3.28. The molecule has 2 N–H and O–H groups in total. The van der Waals surface area contributed by atoms with E-state index in [2.05, 4.69) is 15.9 Å². The van der Waals surface area contributed by atoms with Crippen molar-refractivity contribution in [2.24, 2.45) is 5.73 Å². The van der Waals surface area contributed by atoms with E-state index < -0.39 is 11.9 Å². The predicted molar refractivity (Wildman–Crippen MR) is 63.8 cm³/mol. The highest BCUT2D eigenvalue weighted by atomic mass is 79.9. The van der Waals surface area contributed by atoms with Crippen LogP contribution in [-0.2, 0) is 0 Å². The molecule has 1 heterocycles. The molecular weight excluding hydrogens is 296 g/mol. The van der Waals surface area contributed by atoms with E-state index in [4.69, 9.17) is 21.8 Å². The van der Waals surface area contributed by atoms with Crippen molar-refractivity contribution in [3.05, 3.63) is 57.2 Å². The molecule has 0 saturated carbocycles. The second kappa shape index (κ2) is 4.57. The summed E-state index contributed by atoms with van der Waals surface area (Å²) in [5.74, 6) is 0.124. The fourth-order valence-corrected chi connectivity index (χ4v) is 2.02. The van der Waals surface area contributed by atoms with Crippen molar-refractivity contribution < 1.29 is 8.81 Å². The van der Waals surface area contributed by atoms with Crippen molar-refractivity contribution >= 4 is 27.5 Å². The van der Waals surface area contributed by atoms with Gasteiger partial charge in [0.15, 0.2) is 0 Å². The lowest BCUT2D eigenvalue weighted by atomic mass is 10.1. The van der Waals surface area contributed by atoms with E-state index in [0.717, 1.165) is 4.47 Å². The Hall–Kier alpha value is -0.840. The van der Waals surface area contributed by atoms with Crippen LogP contribution in [0.4, 0.5) is 4.39 Å². The van der Waals surface area contributed by atoms with Crippen molar-refractivity contribution in [3.63, 3.8) is 0 Å². The zero-order valence-electron chi connectivity index (χ0n) is 8.08. The topological polar surface area (TPSA) is 39.2 Å². The summed E-state index contributed by atoms with van der Waals surface area (Å²) in [4.78, 5) is 0.